The van der Waals surface area contributed by atoms with Crippen LogP contribution in [-0.2, 0) is 12.6 Å². The van der Waals surface area contributed by atoms with Gasteiger partial charge in [0.2, 0.25) is 0 Å². The fourth-order valence-corrected chi connectivity index (χ4v) is 2.02. The Hall–Kier alpha value is -1.37. The molecular weight excluding hydrogens is 291 g/mol. The number of nitrogens with zero attached hydrogens (tertiary/aromatic N) is 1. The molecule has 0 amide bonds. The molecule has 0 radical (unpaired) electrons. The summed E-state index contributed by atoms with van der Waals surface area (Å²) in [5.74, 6) is 0. The van der Waals surface area contributed by atoms with Gasteiger partial charge >= 0.3 is 6.18 Å². The number of rotatable bonds is 6. The van der Waals surface area contributed by atoms with Gasteiger partial charge in [-0.05, 0) is 30.5 Å². The van der Waals surface area contributed by atoms with Crippen molar-refractivity contribution in [1.29, 1.82) is 0 Å². The predicted molar refractivity (Wildman–Crippen MR) is 72.7 cm³/mol. The molecule has 0 aliphatic carbocycles. The van der Waals surface area contributed by atoms with Gasteiger partial charge in [0.1, 0.15) is 0 Å². The lowest BCUT2D eigenvalue weighted by Gasteiger charge is -2.24. The lowest BCUT2D eigenvalue weighted by atomic mass is 10.0. The summed E-state index contributed by atoms with van der Waals surface area (Å²) in [6.45, 7) is 1.09. The van der Waals surface area contributed by atoms with Crippen LogP contribution in [0.15, 0.2) is 18.2 Å². The van der Waals surface area contributed by atoms with Crippen LogP contribution in [0, 0.1) is 0 Å². The molecule has 0 spiro atoms. The standard InChI is InChI=1S/C14H19F5N2/c1-3-10(20)6-9-4-5-12(21(2)8-13(15)16)11(7-9)14(17,18)19/h4-5,7,10,13H,3,6,8,20H2,1-2H3. The number of halogens is 5. The summed E-state index contributed by atoms with van der Waals surface area (Å²) in [5.41, 5.74) is 5.02. The van der Waals surface area contributed by atoms with Gasteiger partial charge in [-0.1, -0.05) is 13.0 Å². The van der Waals surface area contributed by atoms with Crippen LogP contribution in [0.4, 0.5) is 27.6 Å². The van der Waals surface area contributed by atoms with Crippen LogP contribution in [0.3, 0.4) is 0 Å². The van der Waals surface area contributed by atoms with Crippen LogP contribution < -0.4 is 10.6 Å². The molecule has 1 aromatic rings. The number of anilines is 1. The van der Waals surface area contributed by atoms with E-state index in [1.165, 1.54) is 19.2 Å². The molecule has 0 heterocycles. The van der Waals surface area contributed by atoms with E-state index in [2.05, 4.69) is 0 Å². The van der Waals surface area contributed by atoms with Crippen molar-refractivity contribution in [2.24, 2.45) is 5.73 Å². The molecular formula is C14H19F5N2. The third kappa shape index (κ3) is 5.15. The van der Waals surface area contributed by atoms with E-state index >= 15 is 0 Å². The Morgan fingerprint density at radius 1 is 1.24 bits per heavy atom. The highest BCUT2D eigenvalue weighted by atomic mass is 19.4. The molecule has 1 unspecified atom stereocenters. The van der Waals surface area contributed by atoms with Crippen molar-refractivity contribution in [1.82, 2.24) is 0 Å². The van der Waals surface area contributed by atoms with Crippen molar-refractivity contribution in [3.63, 3.8) is 0 Å². The van der Waals surface area contributed by atoms with Gasteiger partial charge in [0.25, 0.3) is 6.43 Å². The topological polar surface area (TPSA) is 29.3 Å². The molecule has 2 nitrogen and oxygen atoms in total. The number of nitrogens with two attached hydrogens (primary N) is 1. The van der Waals surface area contributed by atoms with E-state index in [0.29, 0.717) is 18.4 Å². The first kappa shape index (κ1) is 17.7. The predicted octanol–water partition coefficient (Wildman–Crippen LogP) is 3.69. The van der Waals surface area contributed by atoms with E-state index in [-0.39, 0.29) is 11.7 Å². The fraction of sp³-hybridized carbons (Fsp3) is 0.571. The Morgan fingerprint density at radius 2 is 1.86 bits per heavy atom. The lowest BCUT2D eigenvalue weighted by Crippen LogP contribution is -2.27. The Kier molecular flexibility index (Phi) is 5.95. The average molecular weight is 310 g/mol. The molecule has 0 saturated carbocycles. The number of hydrogen-bond donors (Lipinski definition) is 1. The van der Waals surface area contributed by atoms with Gasteiger partial charge < -0.3 is 10.6 Å². The molecule has 1 rings (SSSR count). The highest BCUT2D eigenvalue weighted by molar-refractivity contribution is 5.56. The largest absolute Gasteiger partial charge is 0.418 e. The Labute approximate surface area is 120 Å². The SMILES string of the molecule is CCC(N)Cc1ccc(N(C)CC(F)F)c(C(F)(F)F)c1. The molecule has 0 bridgehead atoms. The van der Waals surface area contributed by atoms with E-state index in [4.69, 9.17) is 5.73 Å². The van der Waals surface area contributed by atoms with Crippen molar-refractivity contribution >= 4 is 5.69 Å². The van der Waals surface area contributed by atoms with Gasteiger partial charge in [-0.3, -0.25) is 0 Å². The summed E-state index contributed by atoms with van der Waals surface area (Å²) < 4.78 is 64.0. The first-order chi connectivity index (χ1) is 9.65. The van der Waals surface area contributed by atoms with E-state index in [1.807, 2.05) is 6.92 Å². The molecule has 1 aromatic carbocycles. The lowest BCUT2D eigenvalue weighted by molar-refractivity contribution is -0.137. The van der Waals surface area contributed by atoms with Crippen LogP contribution in [0.25, 0.3) is 0 Å². The maximum Gasteiger partial charge on any atom is 0.418 e. The summed E-state index contributed by atoms with van der Waals surface area (Å²) >= 11 is 0. The van der Waals surface area contributed by atoms with Gasteiger partial charge in [0, 0.05) is 18.8 Å². The van der Waals surface area contributed by atoms with Crippen LogP contribution in [-0.4, -0.2) is 26.1 Å². The quantitative estimate of drug-likeness (QED) is 0.812. The molecule has 0 aliphatic rings. The zero-order valence-electron chi connectivity index (χ0n) is 11.9. The average Bonchev–Trinajstić information content (AvgIpc) is 2.36. The molecule has 0 aliphatic heterocycles. The van der Waals surface area contributed by atoms with Crippen molar-refractivity contribution in [3.05, 3.63) is 29.3 Å². The van der Waals surface area contributed by atoms with Gasteiger partial charge in [-0.2, -0.15) is 13.2 Å². The molecule has 0 saturated heterocycles. The Morgan fingerprint density at radius 3 is 2.33 bits per heavy atom. The van der Waals surface area contributed by atoms with Crippen LogP contribution >= 0.6 is 0 Å². The molecule has 0 aromatic heterocycles. The van der Waals surface area contributed by atoms with Crippen LogP contribution in [0.1, 0.15) is 24.5 Å². The Balaban J connectivity index is 3.14. The highest BCUT2D eigenvalue weighted by Gasteiger charge is 2.35. The van der Waals surface area contributed by atoms with Gasteiger partial charge in [-0.15, -0.1) is 0 Å². The first-order valence-electron chi connectivity index (χ1n) is 6.60. The molecule has 120 valence electrons. The zero-order chi connectivity index (χ0) is 16.2. The number of alkyl halides is 5. The van der Waals surface area contributed by atoms with Gasteiger partial charge in [0.15, 0.2) is 0 Å². The van der Waals surface area contributed by atoms with Crippen molar-refractivity contribution in [2.45, 2.75) is 38.4 Å². The minimum atomic E-state index is -4.60. The second-order valence-electron chi connectivity index (χ2n) is 4.99. The van der Waals surface area contributed by atoms with Crippen LogP contribution in [0.2, 0.25) is 0 Å². The molecule has 21 heavy (non-hydrogen) atoms. The number of benzene rings is 1. The monoisotopic (exact) mass is 310 g/mol. The second-order valence-corrected chi connectivity index (χ2v) is 4.99. The summed E-state index contributed by atoms with van der Waals surface area (Å²) in [5, 5.41) is 0. The van der Waals surface area contributed by atoms with Gasteiger partial charge in [0.05, 0.1) is 12.1 Å². The van der Waals surface area contributed by atoms with Crippen LogP contribution in [0.5, 0.6) is 0 Å². The zero-order valence-corrected chi connectivity index (χ0v) is 11.9. The first-order valence-corrected chi connectivity index (χ1v) is 6.60. The normalized spacial score (nSPS) is 13.6. The summed E-state index contributed by atoms with van der Waals surface area (Å²) in [6, 6.07) is 3.49. The molecule has 0 fully saturated rings. The summed E-state index contributed by atoms with van der Waals surface area (Å²) in [4.78, 5) is 0.914. The fourth-order valence-electron chi connectivity index (χ4n) is 2.02. The maximum atomic E-state index is 13.1. The van der Waals surface area contributed by atoms with E-state index in [1.54, 1.807) is 0 Å². The molecule has 7 heteroatoms. The highest BCUT2D eigenvalue weighted by Crippen LogP contribution is 2.37. The third-order valence-corrected chi connectivity index (χ3v) is 3.21. The van der Waals surface area contributed by atoms with E-state index in [0.717, 1.165) is 11.0 Å². The van der Waals surface area contributed by atoms with Crippen molar-refractivity contribution in [3.8, 4) is 0 Å². The summed E-state index contributed by atoms with van der Waals surface area (Å²) in [7, 11) is 1.22. The smallest absolute Gasteiger partial charge is 0.368 e. The number of hydrogen-bond acceptors (Lipinski definition) is 2. The van der Waals surface area contributed by atoms with Crippen molar-refractivity contribution in [2.75, 3.05) is 18.5 Å². The second kappa shape index (κ2) is 7.06. The molecule has 2 N–H and O–H groups in total. The Bertz CT molecular complexity index is 459. The summed E-state index contributed by atoms with van der Waals surface area (Å²) in [6.07, 6.45) is -6.34. The maximum absolute atomic E-state index is 13.1. The van der Waals surface area contributed by atoms with E-state index in [9.17, 15) is 22.0 Å². The third-order valence-electron chi connectivity index (χ3n) is 3.21. The minimum Gasteiger partial charge on any atom is -0.368 e. The van der Waals surface area contributed by atoms with E-state index < -0.39 is 24.7 Å². The molecule has 1 atom stereocenters. The van der Waals surface area contributed by atoms with Gasteiger partial charge in [-0.25, -0.2) is 8.78 Å². The minimum absolute atomic E-state index is 0.226. The van der Waals surface area contributed by atoms with Crippen molar-refractivity contribution < 1.29 is 22.0 Å².